The van der Waals surface area contributed by atoms with E-state index in [0.717, 1.165) is 22.6 Å². The number of rotatable bonds is 6. The molecule has 0 spiro atoms. The molecule has 36 heavy (non-hydrogen) atoms. The summed E-state index contributed by atoms with van der Waals surface area (Å²) in [4.78, 5) is 5.32. The molecule has 0 bridgehead atoms. The Hall–Kier alpha value is -4.69. The monoisotopic (exact) mass is 462 g/mol. The van der Waals surface area contributed by atoms with E-state index in [-0.39, 0.29) is 0 Å². The van der Waals surface area contributed by atoms with Crippen LogP contribution in [0.5, 0.6) is 0 Å². The first-order chi connectivity index (χ1) is 17.9. The minimum absolute atomic E-state index is 0.590. The highest BCUT2D eigenvalue weighted by molar-refractivity contribution is 5.63. The molecule has 0 amide bonds. The second kappa shape index (κ2) is 9.52. The van der Waals surface area contributed by atoms with Gasteiger partial charge in [-0.1, -0.05) is 115 Å². The number of pyridine rings is 1. The van der Waals surface area contributed by atoms with Crippen LogP contribution in [-0.4, -0.2) is 9.55 Å². The van der Waals surface area contributed by atoms with Crippen LogP contribution in [0.25, 0.3) is 16.9 Å². The summed E-state index contributed by atoms with van der Waals surface area (Å²) in [5.74, 6) is 0. The Morgan fingerprint density at radius 2 is 1.03 bits per heavy atom. The third-order valence-corrected chi connectivity index (χ3v) is 6.80. The smallest absolute Gasteiger partial charge is 0.0888 e. The van der Waals surface area contributed by atoms with Gasteiger partial charge in [-0.05, 0) is 47.0 Å². The lowest BCUT2D eigenvalue weighted by molar-refractivity contribution is 0.715. The Kier molecular flexibility index (Phi) is 5.77. The maximum atomic E-state index is 5.32. The number of benzene rings is 4. The Morgan fingerprint density at radius 3 is 1.64 bits per heavy atom. The number of hydrogen-bond acceptors (Lipinski definition) is 1. The standard InChI is InChI=1S/C34H26N2/c1-5-14-27(15-6-1)32-22-13-23-33(35-32)34(28-16-7-2-8-17-28,29-18-9-3-10-19-29)30-24-25-36(26-30)31-20-11-4-12-21-31/h1-26H. The molecule has 0 radical (unpaired) electrons. The van der Waals surface area contributed by atoms with Crippen LogP contribution < -0.4 is 0 Å². The average molecular weight is 463 g/mol. The van der Waals surface area contributed by atoms with Gasteiger partial charge in [-0.25, -0.2) is 0 Å². The lowest BCUT2D eigenvalue weighted by Gasteiger charge is -2.35. The van der Waals surface area contributed by atoms with Crippen LogP contribution in [0, 0.1) is 0 Å². The second-order valence-electron chi connectivity index (χ2n) is 8.90. The summed E-state index contributed by atoms with van der Waals surface area (Å²) < 4.78 is 2.19. The van der Waals surface area contributed by atoms with Gasteiger partial charge in [-0.15, -0.1) is 0 Å². The fraction of sp³-hybridized carbons (Fsp3) is 0.0294. The highest BCUT2D eigenvalue weighted by atomic mass is 14.9. The maximum Gasteiger partial charge on any atom is 0.0888 e. The predicted molar refractivity (Wildman–Crippen MR) is 147 cm³/mol. The normalized spacial score (nSPS) is 11.3. The summed E-state index contributed by atoms with van der Waals surface area (Å²) in [6.07, 6.45) is 4.39. The molecule has 4 aromatic carbocycles. The van der Waals surface area contributed by atoms with Gasteiger partial charge in [0.2, 0.25) is 0 Å². The molecular weight excluding hydrogens is 436 g/mol. The van der Waals surface area contributed by atoms with Crippen molar-refractivity contribution in [1.29, 1.82) is 0 Å². The molecule has 0 aliphatic carbocycles. The minimum Gasteiger partial charge on any atom is -0.324 e. The molecule has 0 aliphatic rings. The molecule has 2 heterocycles. The molecule has 0 atom stereocenters. The summed E-state index contributed by atoms with van der Waals surface area (Å²) in [5.41, 5.74) is 7.13. The predicted octanol–water partition coefficient (Wildman–Crippen LogP) is 7.92. The Labute approximate surface area is 212 Å². The number of aromatic nitrogens is 2. The molecule has 2 aromatic heterocycles. The fourth-order valence-corrected chi connectivity index (χ4v) is 5.11. The van der Waals surface area contributed by atoms with Crippen LogP contribution in [0.2, 0.25) is 0 Å². The van der Waals surface area contributed by atoms with Gasteiger partial charge in [-0.3, -0.25) is 4.98 Å². The SMILES string of the molecule is c1ccc(-c2cccc(C(c3ccccc3)(c3ccccc3)c3ccn(-c4ccccc4)c3)n2)cc1. The highest BCUT2D eigenvalue weighted by Crippen LogP contribution is 2.45. The van der Waals surface area contributed by atoms with Crippen LogP contribution in [-0.2, 0) is 5.41 Å². The molecule has 0 fully saturated rings. The van der Waals surface area contributed by atoms with E-state index in [1.54, 1.807) is 0 Å². The van der Waals surface area contributed by atoms with Crippen LogP contribution in [0.15, 0.2) is 158 Å². The zero-order valence-corrected chi connectivity index (χ0v) is 19.9. The summed E-state index contributed by atoms with van der Waals surface area (Å²) in [5, 5.41) is 0. The van der Waals surface area contributed by atoms with Crippen LogP contribution >= 0.6 is 0 Å². The molecule has 0 saturated carbocycles. The molecule has 0 unspecified atom stereocenters. The van der Waals surface area contributed by atoms with E-state index in [0.29, 0.717) is 0 Å². The van der Waals surface area contributed by atoms with Crippen LogP contribution in [0.1, 0.15) is 22.4 Å². The van der Waals surface area contributed by atoms with Crippen molar-refractivity contribution in [3.63, 3.8) is 0 Å². The zero-order chi connectivity index (χ0) is 24.2. The van der Waals surface area contributed by atoms with Crippen molar-refractivity contribution in [3.05, 3.63) is 180 Å². The van der Waals surface area contributed by atoms with E-state index in [4.69, 9.17) is 4.98 Å². The molecule has 0 aliphatic heterocycles. The van der Waals surface area contributed by atoms with Gasteiger partial charge in [0, 0.05) is 23.6 Å². The molecule has 6 rings (SSSR count). The minimum atomic E-state index is -0.590. The first kappa shape index (κ1) is 21.8. The summed E-state index contributed by atoms with van der Waals surface area (Å²) >= 11 is 0. The van der Waals surface area contributed by atoms with Gasteiger partial charge in [0.25, 0.3) is 0 Å². The van der Waals surface area contributed by atoms with Crippen molar-refractivity contribution in [2.24, 2.45) is 0 Å². The van der Waals surface area contributed by atoms with Crippen molar-refractivity contribution >= 4 is 0 Å². The largest absolute Gasteiger partial charge is 0.324 e. The van der Waals surface area contributed by atoms with Crippen molar-refractivity contribution < 1.29 is 0 Å². The molecule has 2 nitrogen and oxygen atoms in total. The van der Waals surface area contributed by atoms with Gasteiger partial charge >= 0.3 is 0 Å². The zero-order valence-electron chi connectivity index (χ0n) is 19.9. The first-order valence-corrected chi connectivity index (χ1v) is 12.2. The van der Waals surface area contributed by atoms with Crippen LogP contribution in [0.4, 0.5) is 0 Å². The lowest BCUT2D eigenvalue weighted by atomic mass is 9.67. The van der Waals surface area contributed by atoms with Gasteiger partial charge < -0.3 is 4.57 Å². The third kappa shape index (κ3) is 3.83. The number of para-hydroxylation sites is 1. The van der Waals surface area contributed by atoms with E-state index in [9.17, 15) is 0 Å². The maximum absolute atomic E-state index is 5.32. The van der Waals surface area contributed by atoms with Gasteiger partial charge in [0.1, 0.15) is 0 Å². The van der Waals surface area contributed by atoms with Crippen LogP contribution in [0.3, 0.4) is 0 Å². The highest BCUT2D eigenvalue weighted by Gasteiger charge is 2.40. The first-order valence-electron chi connectivity index (χ1n) is 12.2. The Morgan fingerprint density at radius 1 is 0.472 bits per heavy atom. The van der Waals surface area contributed by atoms with Gasteiger partial charge in [0.15, 0.2) is 0 Å². The topological polar surface area (TPSA) is 17.8 Å². The summed E-state index contributed by atoms with van der Waals surface area (Å²) in [7, 11) is 0. The van der Waals surface area contributed by atoms with Crippen molar-refractivity contribution in [2.45, 2.75) is 5.41 Å². The molecule has 172 valence electrons. The van der Waals surface area contributed by atoms with E-state index in [1.807, 2.05) is 12.1 Å². The molecule has 0 saturated heterocycles. The van der Waals surface area contributed by atoms with E-state index in [2.05, 4.69) is 150 Å². The molecular formula is C34H26N2. The van der Waals surface area contributed by atoms with Gasteiger partial charge in [0.05, 0.1) is 16.8 Å². The fourth-order valence-electron chi connectivity index (χ4n) is 5.11. The van der Waals surface area contributed by atoms with Gasteiger partial charge in [-0.2, -0.15) is 0 Å². The summed E-state index contributed by atoms with van der Waals surface area (Å²) in [6, 6.07) is 50.9. The van der Waals surface area contributed by atoms with Crippen molar-refractivity contribution in [1.82, 2.24) is 9.55 Å². The van der Waals surface area contributed by atoms with E-state index in [1.165, 1.54) is 16.7 Å². The average Bonchev–Trinajstić information content (AvgIpc) is 3.46. The molecule has 6 aromatic rings. The summed E-state index contributed by atoms with van der Waals surface area (Å²) in [6.45, 7) is 0. The van der Waals surface area contributed by atoms with Crippen molar-refractivity contribution in [2.75, 3.05) is 0 Å². The number of hydrogen-bond donors (Lipinski definition) is 0. The Bertz CT molecular complexity index is 1510. The third-order valence-electron chi connectivity index (χ3n) is 6.80. The quantitative estimate of drug-likeness (QED) is 0.246. The van der Waals surface area contributed by atoms with E-state index < -0.39 is 5.41 Å². The molecule has 2 heteroatoms. The van der Waals surface area contributed by atoms with E-state index >= 15 is 0 Å². The second-order valence-corrected chi connectivity index (χ2v) is 8.90. The lowest BCUT2D eigenvalue weighted by Crippen LogP contribution is -2.31. The van der Waals surface area contributed by atoms with Crippen molar-refractivity contribution in [3.8, 4) is 16.9 Å². The Balaban J connectivity index is 1.65. The number of nitrogens with zero attached hydrogens (tertiary/aromatic N) is 2. The molecule has 0 N–H and O–H groups in total.